The number of nitrogen functional groups attached to an aromatic ring is 1. The van der Waals surface area contributed by atoms with Crippen LogP contribution in [-0.4, -0.2) is 23.5 Å². The van der Waals surface area contributed by atoms with Gasteiger partial charge >= 0.3 is 0 Å². The summed E-state index contributed by atoms with van der Waals surface area (Å²) in [5, 5.41) is 7.02. The first kappa shape index (κ1) is 12.2. The zero-order valence-corrected chi connectivity index (χ0v) is 11.5. The highest BCUT2D eigenvalue weighted by Gasteiger charge is 2.22. The smallest absolute Gasteiger partial charge is 0.239 e. The number of nitrogens with two attached hydrogens (primary N) is 1. The van der Waals surface area contributed by atoms with Gasteiger partial charge in [0.2, 0.25) is 5.91 Å². The second kappa shape index (κ2) is 4.70. The molecule has 5 nitrogen and oxygen atoms in total. The molecule has 0 atom stereocenters. The highest BCUT2D eigenvalue weighted by atomic mass is 32.1. The van der Waals surface area contributed by atoms with Gasteiger partial charge in [0.05, 0.1) is 33.1 Å². The minimum atomic E-state index is 0.0106. The molecule has 0 unspecified atom stereocenters. The Morgan fingerprint density at radius 3 is 3.05 bits per heavy atom. The molecule has 6 heteroatoms. The number of nitrogens with one attached hydrogen (secondary N) is 2. The minimum Gasteiger partial charge on any atom is -0.397 e. The average Bonchev–Trinajstić information content (AvgIpc) is 3.07. The van der Waals surface area contributed by atoms with Gasteiger partial charge in [-0.05, 0) is 31.9 Å². The lowest BCUT2D eigenvalue weighted by Crippen LogP contribution is -2.31. The van der Waals surface area contributed by atoms with Crippen molar-refractivity contribution >= 4 is 38.8 Å². The average molecular weight is 276 g/mol. The first-order chi connectivity index (χ1) is 9.11. The molecule has 1 aromatic heterocycles. The number of hydrogen-bond donors (Lipinski definition) is 3. The van der Waals surface area contributed by atoms with E-state index in [1.54, 1.807) is 11.3 Å². The van der Waals surface area contributed by atoms with Gasteiger partial charge in [-0.1, -0.05) is 0 Å². The van der Waals surface area contributed by atoms with Crippen molar-refractivity contribution in [2.75, 3.05) is 17.6 Å². The molecular formula is C13H16N4OS. The molecule has 0 aliphatic heterocycles. The first-order valence-electron chi connectivity index (χ1n) is 6.32. The van der Waals surface area contributed by atoms with Gasteiger partial charge in [-0.3, -0.25) is 4.79 Å². The van der Waals surface area contributed by atoms with Crippen LogP contribution in [0.15, 0.2) is 12.1 Å². The highest BCUT2D eigenvalue weighted by molar-refractivity contribution is 7.18. The largest absolute Gasteiger partial charge is 0.397 e. The van der Waals surface area contributed by atoms with Gasteiger partial charge in [0.15, 0.2) is 0 Å². The van der Waals surface area contributed by atoms with E-state index in [4.69, 9.17) is 5.73 Å². The zero-order chi connectivity index (χ0) is 13.4. The molecule has 100 valence electrons. The third-order valence-electron chi connectivity index (χ3n) is 3.05. The summed E-state index contributed by atoms with van der Waals surface area (Å²) in [6.07, 6.45) is 2.19. The van der Waals surface area contributed by atoms with Crippen LogP contribution in [0.2, 0.25) is 0 Å². The molecular weight excluding hydrogens is 260 g/mol. The maximum atomic E-state index is 11.6. The van der Waals surface area contributed by atoms with E-state index in [0.29, 0.717) is 11.7 Å². The minimum absolute atomic E-state index is 0.0106. The van der Waals surface area contributed by atoms with E-state index in [1.807, 2.05) is 19.1 Å². The van der Waals surface area contributed by atoms with Crippen molar-refractivity contribution in [3.8, 4) is 0 Å². The summed E-state index contributed by atoms with van der Waals surface area (Å²) >= 11 is 1.62. The third kappa shape index (κ3) is 2.78. The lowest BCUT2D eigenvalue weighted by atomic mass is 10.2. The molecule has 4 N–H and O–H groups in total. The number of rotatable bonds is 4. The third-order valence-corrected chi connectivity index (χ3v) is 3.98. The molecule has 1 amide bonds. The SMILES string of the molecule is Cc1nc2cc(NCC(=O)NC3CC3)c(N)cc2s1. The van der Waals surface area contributed by atoms with Crippen molar-refractivity contribution in [3.63, 3.8) is 0 Å². The number of hydrogen-bond acceptors (Lipinski definition) is 5. The van der Waals surface area contributed by atoms with E-state index in [0.717, 1.165) is 33.8 Å². The maximum absolute atomic E-state index is 11.6. The molecule has 0 radical (unpaired) electrons. The number of aromatic nitrogens is 1. The predicted molar refractivity (Wildman–Crippen MR) is 78.4 cm³/mol. The summed E-state index contributed by atoms with van der Waals surface area (Å²) in [6.45, 7) is 2.21. The Labute approximate surface area is 115 Å². The van der Waals surface area contributed by atoms with Crippen molar-refractivity contribution < 1.29 is 4.79 Å². The Balaban J connectivity index is 1.72. The molecule has 0 spiro atoms. The van der Waals surface area contributed by atoms with Crippen LogP contribution in [0.3, 0.4) is 0 Å². The van der Waals surface area contributed by atoms with Gasteiger partial charge < -0.3 is 16.4 Å². The second-order valence-corrected chi connectivity index (χ2v) is 6.07. The van der Waals surface area contributed by atoms with Crippen molar-refractivity contribution in [1.29, 1.82) is 0 Å². The number of benzene rings is 1. The summed E-state index contributed by atoms with van der Waals surface area (Å²) < 4.78 is 1.07. The fraction of sp³-hybridized carbons (Fsp3) is 0.385. The van der Waals surface area contributed by atoms with E-state index in [2.05, 4.69) is 15.6 Å². The van der Waals surface area contributed by atoms with Gasteiger partial charge in [-0.2, -0.15) is 0 Å². The Kier molecular flexibility index (Phi) is 3.02. The Morgan fingerprint density at radius 2 is 2.32 bits per heavy atom. The van der Waals surface area contributed by atoms with Crippen molar-refractivity contribution in [1.82, 2.24) is 10.3 Å². The first-order valence-corrected chi connectivity index (χ1v) is 7.13. The van der Waals surface area contributed by atoms with Crippen LogP contribution in [0.25, 0.3) is 10.2 Å². The quantitative estimate of drug-likeness (QED) is 0.745. The summed E-state index contributed by atoms with van der Waals surface area (Å²) in [6, 6.07) is 4.19. The number of anilines is 2. The molecule has 19 heavy (non-hydrogen) atoms. The standard InChI is InChI=1S/C13H16N4OS/c1-7-16-11-5-10(9(14)4-12(11)19-7)15-6-13(18)17-8-2-3-8/h4-5,8,15H,2-3,6,14H2,1H3,(H,17,18). The summed E-state index contributed by atoms with van der Waals surface area (Å²) in [5.74, 6) is 0.0106. The van der Waals surface area contributed by atoms with E-state index < -0.39 is 0 Å². The van der Waals surface area contributed by atoms with Crippen LogP contribution in [0.4, 0.5) is 11.4 Å². The fourth-order valence-corrected chi connectivity index (χ4v) is 2.80. The van der Waals surface area contributed by atoms with E-state index >= 15 is 0 Å². The molecule has 0 saturated heterocycles. The fourth-order valence-electron chi connectivity index (χ4n) is 1.94. The number of aryl methyl sites for hydroxylation is 1. The summed E-state index contributed by atoms with van der Waals surface area (Å²) in [7, 11) is 0. The lowest BCUT2D eigenvalue weighted by molar-refractivity contribution is -0.119. The predicted octanol–water partition coefficient (Wildman–Crippen LogP) is 1.88. The molecule has 2 aromatic rings. The number of thiazole rings is 1. The lowest BCUT2D eigenvalue weighted by Gasteiger charge is -2.09. The van der Waals surface area contributed by atoms with Gasteiger partial charge in [0.1, 0.15) is 0 Å². The van der Waals surface area contributed by atoms with Crippen LogP contribution in [-0.2, 0) is 4.79 Å². The van der Waals surface area contributed by atoms with Crippen LogP contribution < -0.4 is 16.4 Å². The number of carbonyl (C=O) groups excluding carboxylic acids is 1. The molecule has 1 aromatic carbocycles. The number of carbonyl (C=O) groups is 1. The summed E-state index contributed by atoms with van der Waals surface area (Å²) in [4.78, 5) is 16.0. The van der Waals surface area contributed by atoms with Gasteiger partial charge in [0.25, 0.3) is 0 Å². The van der Waals surface area contributed by atoms with Gasteiger partial charge in [0, 0.05) is 6.04 Å². The number of fused-ring (bicyclic) bond motifs is 1. The van der Waals surface area contributed by atoms with Crippen molar-refractivity contribution in [2.24, 2.45) is 0 Å². The molecule has 1 aliphatic carbocycles. The van der Waals surface area contributed by atoms with Gasteiger partial charge in [-0.25, -0.2) is 4.98 Å². The van der Waals surface area contributed by atoms with Gasteiger partial charge in [-0.15, -0.1) is 11.3 Å². The zero-order valence-electron chi connectivity index (χ0n) is 10.7. The molecule has 1 aliphatic rings. The number of nitrogens with zero attached hydrogens (tertiary/aromatic N) is 1. The maximum Gasteiger partial charge on any atom is 0.239 e. The van der Waals surface area contributed by atoms with Crippen molar-refractivity contribution in [2.45, 2.75) is 25.8 Å². The second-order valence-electron chi connectivity index (χ2n) is 4.84. The van der Waals surface area contributed by atoms with E-state index in [9.17, 15) is 4.79 Å². The normalized spacial score (nSPS) is 14.6. The summed E-state index contributed by atoms with van der Waals surface area (Å²) in [5.41, 5.74) is 8.31. The number of amides is 1. The highest BCUT2D eigenvalue weighted by Crippen LogP contribution is 2.29. The van der Waals surface area contributed by atoms with Crippen LogP contribution in [0.1, 0.15) is 17.8 Å². The van der Waals surface area contributed by atoms with E-state index in [-0.39, 0.29) is 12.5 Å². The van der Waals surface area contributed by atoms with Crippen LogP contribution >= 0.6 is 11.3 Å². The van der Waals surface area contributed by atoms with Crippen LogP contribution in [0, 0.1) is 6.92 Å². The molecule has 3 rings (SSSR count). The Hall–Kier alpha value is -1.82. The molecule has 0 bridgehead atoms. The van der Waals surface area contributed by atoms with E-state index in [1.165, 1.54) is 0 Å². The molecule has 1 fully saturated rings. The monoisotopic (exact) mass is 276 g/mol. The van der Waals surface area contributed by atoms with Crippen molar-refractivity contribution in [3.05, 3.63) is 17.1 Å². The molecule has 1 heterocycles. The van der Waals surface area contributed by atoms with Crippen LogP contribution in [0.5, 0.6) is 0 Å². The Morgan fingerprint density at radius 1 is 1.53 bits per heavy atom. The molecule has 1 saturated carbocycles. The topological polar surface area (TPSA) is 80.0 Å². The Bertz CT molecular complexity index is 633.